The van der Waals surface area contributed by atoms with E-state index in [2.05, 4.69) is 36.4 Å². The van der Waals surface area contributed by atoms with Crippen LogP contribution in [0.1, 0.15) is 36.5 Å². The van der Waals surface area contributed by atoms with Gasteiger partial charge in [0.05, 0.1) is 6.20 Å². The largest absolute Gasteiger partial charge is 0.480 e. The summed E-state index contributed by atoms with van der Waals surface area (Å²) in [5.74, 6) is -0.766. The molecule has 1 heterocycles. The number of carboxylic acid groups (broad SMARTS) is 1. The quantitative estimate of drug-likeness (QED) is 0.558. The third kappa shape index (κ3) is 4.66. The summed E-state index contributed by atoms with van der Waals surface area (Å²) in [5, 5.41) is 16.3. The lowest BCUT2D eigenvalue weighted by atomic mass is 9.98. The number of carbonyl (C=O) groups is 2. The van der Waals surface area contributed by atoms with Gasteiger partial charge in [0.15, 0.2) is 0 Å². The van der Waals surface area contributed by atoms with Gasteiger partial charge < -0.3 is 15.2 Å². The molecule has 4 rings (SSSR count). The molecule has 7 nitrogen and oxygen atoms in total. The summed E-state index contributed by atoms with van der Waals surface area (Å²) in [4.78, 5) is 24.2. The lowest BCUT2D eigenvalue weighted by Crippen LogP contribution is -2.42. The van der Waals surface area contributed by atoms with Crippen molar-refractivity contribution < 1.29 is 19.4 Å². The van der Waals surface area contributed by atoms with Crippen LogP contribution < -0.4 is 5.32 Å². The summed E-state index contributed by atoms with van der Waals surface area (Å²) in [6.07, 6.45) is 2.85. The molecule has 7 heteroatoms. The number of ether oxygens (including phenoxy) is 1. The van der Waals surface area contributed by atoms with E-state index in [0.29, 0.717) is 5.92 Å². The van der Waals surface area contributed by atoms with E-state index >= 15 is 0 Å². The maximum atomic E-state index is 12.5. The van der Waals surface area contributed by atoms with E-state index in [-0.39, 0.29) is 18.9 Å². The van der Waals surface area contributed by atoms with Crippen molar-refractivity contribution in [2.45, 2.75) is 38.8 Å². The summed E-state index contributed by atoms with van der Waals surface area (Å²) < 4.78 is 7.27. The predicted octanol–water partition coefficient (Wildman–Crippen LogP) is 4.07. The van der Waals surface area contributed by atoms with Crippen LogP contribution in [-0.2, 0) is 22.5 Å². The number of nitrogens with zero attached hydrogens (tertiary/aromatic N) is 2. The number of nitrogens with one attached hydrogen (secondary N) is 1. The first-order valence-corrected chi connectivity index (χ1v) is 10.8. The van der Waals surface area contributed by atoms with Crippen molar-refractivity contribution in [1.82, 2.24) is 15.1 Å². The fourth-order valence-electron chi connectivity index (χ4n) is 4.20. The summed E-state index contributed by atoms with van der Waals surface area (Å²) >= 11 is 0. The minimum Gasteiger partial charge on any atom is -0.480 e. The highest BCUT2D eigenvalue weighted by atomic mass is 16.5. The Bertz CT molecular complexity index is 1080. The highest BCUT2D eigenvalue weighted by Crippen LogP contribution is 2.44. The average molecular weight is 434 g/mol. The molecule has 0 bridgehead atoms. The van der Waals surface area contributed by atoms with Crippen molar-refractivity contribution in [3.05, 3.63) is 77.6 Å². The third-order valence-corrected chi connectivity index (χ3v) is 5.61. The van der Waals surface area contributed by atoms with Crippen LogP contribution >= 0.6 is 0 Å². The van der Waals surface area contributed by atoms with Crippen LogP contribution in [0.5, 0.6) is 0 Å². The molecule has 1 aliphatic rings. The Labute approximate surface area is 187 Å². The first-order valence-electron chi connectivity index (χ1n) is 10.8. The minimum atomic E-state index is -1.12. The van der Waals surface area contributed by atoms with Gasteiger partial charge in [-0.1, -0.05) is 62.4 Å². The van der Waals surface area contributed by atoms with E-state index in [1.807, 2.05) is 42.6 Å². The molecule has 0 saturated heterocycles. The average Bonchev–Trinajstić information content (AvgIpc) is 3.33. The first-order chi connectivity index (χ1) is 15.4. The Morgan fingerprint density at radius 1 is 1.09 bits per heavy atom. The second-order valence-electron chi connectivity index (χ2n) is 8.53. The van der Waals surface area contributed by atoms with Crippen molar-refractivity contribution in [3.63, 3.8) is 0 Å². The summed E-state index contributed by atoms with van der Waals surface area (Å²) in [5.41, 5.74) is 5.23. The highest BCUT2D eigenvalue weighted by molar-refractivity contribution is 5.81. The Morgan fingerprint density at radius 3 is 2.31 bits per heavy atom. The summed E-state index contributed by atoms with van der Waals surface area (Å²) in [6, 6.07) is 15.0. The molecule has 0 fully saturated rings. The Kier molecular flexibility index (Phi) is 6.25. The van der Waals surface area contributed by atoms with E-state index in [1.165, 1.54) is 0 Å². The molecule has 0 unspecified atom stereocenters. The van der Waals surface area contributed by atoms with Crippen LogP contribution in [-0.4, -0.2) is 39.6 Å². The van der Waals surface area contributed by atoms with Gasteiger partial charge in [-0.25, -0.2) is 9.59 Å². The molecule has 0 saturated carbocycles. The molecule has 32 heavy (non-hydrogen) atoms. The Hall–Kier alpha value is -3.61. The van der Waals surface area contributed by atoms with Gasteiger partial charge in [-0.15, -0.1) is 0 Å². The summed E-state index contributed by atoms with van der Waals surface area (Å²) in [7, 11) is 0. The van der Waals surface area contributed by atoms with E-state index in [1.54, 1.807) is 10.9 Å². The van der Waals surface area contributed by atoms with Gasteiger partial charge in [0.25, 0.3) is 0 Å². The number of benzene rings is 2. The zero-order valence-electron chi connectivity index (χ0n) is 18.2. The second-order valence-corrected chi connectivity index (χ2v) is 8.53. The van der Waals surface area contributed by atoms with Crippen molar-refractivity contribution in [2.24, 2.45) is 5.92 Å². The Morgan fingerprint density at radius 2 is 1.72 bits per heavy atom. The molecular weight excluding hydrogens is 406 g/mol. The number of carboxylic acids is 1. The topological polar surface area (TPSA) is 93.5 Å². The molecule has 1 aromatic heterocycles. The standard InChI is InChI=1S/C25H27N3O4/c1-16(2)13-28-14-17(12-26-28)11-23(24(29)30)27-25(31)32-15-22-20-9-5-3-7-18(20)19-8-4-6-10-21(19)22/h3-10,12,14,16,22-23H,11,13,15H2,1-2H3,(H,27,31)(H,29,30)/t23-/m0/s1. The smallest absolute Gasteiger partial charge is 0.407 e. The van der Waals surface area contributed by atoms with E-state index in [4.69, 9.17) is 4.74 Å². The van der Waals surface area contributed by atoms with Gasteiger partial charge in [-0.05, 0) is 33.7 Å². The third-order valence-electron chi connectivity index (χ3n) is 5.61. The Balaban J connectivity index is 1.39. The monoisotopic (exact) mass is 433 g/mol. The molecule has 0 radical (unpaired) electrons. The predicted molar refractivity (Wildman–Crippen MR) is 120 cm³/mol. The van der Waals surface area contributed by atoms with Gasteiger partial charge in [-0.3, -0.25) is 4.68 Å². The van der Waals surface area contributed by atoms with Gasteiger partial charge >= 0.3 is 12.1 Å². The fraction of sp³-hybridized carbons (Fsp3) is 0.320. The van der Waals surface area contributed by atoms with Crippen LogP contribution in [0.4, 0.5) is 4.79 Å². The molecule has 1 atom stereocenters. The number of rotatable bonds is 8. The maximum absolute atomic E-state index is 12.5. The fourth-order valence-corrected chi connectivity index (χ4v) is 4.20. The van der Waals surface area contributed by atoms with Crippen LogP contribution in [0.2, 0.25) is 0 Å². The molecular formula is C25H27N3O4. The minimum absolute atomic E-state index is 0.0781. The molecule has 0 spiro atoms. The molecule has 3 aromatic rings. The number of amides is 1. The number of fused-ring (bicyclic) bond motifs is 3. The first kappa shape index (κ1) is 21.6. The van der Waals surface area contributed by atoms with Crippen molar-refractivity contribution in [2.75, 3.05) is 6.61 Å². The van der Waals surface area contributed by atoms with E-state index in [9.17, 15) is 14.7 Å². The van der Waals surface area contributed by atoms with Gasteiger partial charge in [0.1, 0.15) is 12.6 Å². The normalized spacial score (nSPS) is 13.5. The van der Waals surface area contributed by atoms with Gasteiger partial charge in [0.2, 0.25) is 0 Å². The molecule has 2 aromatic carbocycles. The van der Waals surface area contributed by atoms with Crippen LogP contribution in [0, 0.1) is 5.92 Å². The van der Waals surface area contributed by atoms with E-state index in [0.717, 1.165) is 34.4 Å². The highest BCUT2D eigenvalue weighted by Gasteiger charge is 2.29. The number of aromatic nitrogens is 2. The van der Waals surface area contributed by atoms with Gasteiger partial charge in [-0.2, -0.15) is 5.10 Å². The number of hydrogen-bond acceptors (Lipinski definition) is 4. The van der Waals surface area contributed by atoms with Crippen LogP contribution in [0.25, 0.3) is 11.1 Å². The van der Waals surface area contributed by atoms with Crippen LogP contribution in [0.3, 0.4) is 0 Å². The summed E-state index contributed by atoms with van der Waals surface area (Å²) in [6.45, 7) is 5.05. The lowest BCUT2D eigenvalue weighted by Gasteiger charge is -2.17. The number of carbonyl (C=O) groups excluding carboxylic acids is 1. The number of alkyl carbamates (subject to hydrolysis) is 1. The zero-order valence-corrected chi connectivity index (χ0v) is 18.2. The molecule has 0 aliphatic heterocycles. The van der Waals surface area contributed by atoms with Crippen molar-refractivity contribution in [3.8, 4) is 11.1 Å². The van der Waals surface area contributed by atoms with Crippen molar-refractivity contribution in [1.29, 1.82) is 0 Å². The second kappa shape index (κ2) is 9.26. The van der Waals surface area contributed by atoms with Gasteiger partial charge in [0, 0.05) is 25.1 Å². The lowest BCUT2D eigenvalue weighted by molar-refractivity contribution is -0.139. The number of aliphatic carboxylic acids is 1. The maximum Gasteiger partial charge on any atom is 0.407 e. The SMILES string of the molecule is CC(C)Cn1cc(C[C@H](NC(=O)OCC2c3ccccc3-c3ccccc32)C(=O)O)cn1. The molecule has 166 valence electrons. The molecule has 2 N–H and O–H groups in total. The molecule has 1 amide bonds. The van der Waals surface area contributed by atoms with Crippen molar-refractivity contribution >= 4 is 12.1 Å². The number of hydrogen-bond donors (Lipinski definition) is 2. The zero-order chi connectivity index (χ0) is 22.7. The van der Waals surface area contributed by atoms with Crippen LogP contribution in [0.15, 0.2) is 60.9 Å². The van der Waals surface area contributed by atoms with E-state index < -0.39 is 18.1 Å². The molecule has 1 aliphatic carbocycles.